The standard InChI is InChI=1S/C73H126O6/c1-4-7-10-13-16-19-21-23-25-27-29-30-31-32-33-34-35-36-37-38-39-40-41-42-44-45-47-49-51-54-57-60-63-66-72(75)78-69-70(68-77-71(74)65-62-59-56-53-18-15-12-9-6-3)79-73(76)67-64-61-58-55-52-50-48-46-43-28-26-24-22-20-17-14-11-8-5-2/h8,11,17,20-21,23-24,26-27,29,43,46,50,52,58,61,70H,4-7,9-10,12-16,18-19,22,25,28,30-42,44-45,47-49,51,53-57,59-60,62-69H2,1-3H3/b11-8-,20-17-,23-21-,26-24-,29-27-,46-43-,52-50-,61-58-. The molecule has 0 rings (SSSR count). The zero-order valence-corrected chi connectivity index (χ0v) is 52.1. The van der Waals surface area contributed by atoms with E-state index in [0.29, 0.717) is 19.3 Å². The van der Waals surface area contributed by atoms with Gasteiger partial charge in [-0.05, 0) is 89.9 Å². The Morgan fingerprint density at radius 1 is 0.266 bits per heavy atom. The second-order valence-corrected chi connectivity index (χ2v) is 22.4. The molecule has 1 atom stereocenters. The second kappa shape index (κ2) is 66.8. The first-order valence-electron chi connectivity index (χ1n) is 33.7. The lowest BCUT2D eigenvalue weighted by Crippen LogP contribution is -2.30. The summed E-state index contributed by atoms with van der Waals surface area (Å²) in [5, 5.41) is 0. The first-order chi connectivity index (χ1) is 39.0. The summed E-state index contributed by atoms with van der Waals surface area (Å²) in [6.07, 6.45) is 90.4. The monoisotopic (exact) mass is 1100 g/mol. The van der Waals surface area contributed by atoms with Crippen molar-refractivity contribution < 1.29 is 28.6 Å². The molecule has 79 heavy (non-hydrogen) atoms. The van der Waals surface area contributed by atoms with Crippen LogP contribution in [0.5, 0.6) is 0 Å². The molecule has 0 aromatic heterocycles. The zero-order chi connectivity index (χ0) is 57.1. The molecule has 0 saturated heterocycles. The van der Waals surface area contributed by atoms with Crippen molar-refractivity contribution >= 4 is 17.9 Å². The third-order valence-electron chi connectivity index (χ3n) is 14.6. The molecule has 0 N–H and O–H groups in total. The van der Waals surface area contributed by atoms with Crippen LogP contribution in [-0.2, 0) is 28.6 Å². The summed E-state index contributed by atoms with van der Waals surface area (Å²) in [5.74, 6) is -0.981. The predicted octanol–water partition coefficient (Wildman–Crippen LogP) is 23.2. The highest BCUT2D eigenvalue weighted by Crippen LogP contribution is 2.17. The molecule has 454 valence electrons. The van der Waals surface area contributed by atoms with Crippen molar-refractivity contribution in [2.75, 3.05) is 13.2 Å². The van der Waals surface area contributed by atoms with Gasteiger partial charge in [0, 0.05) is 19.3 Å². The van der Waals surface area contributed by atoms with Crippen LogP contribution in [0, 0.1) is 0 Å². The Kier molecular flexibility index (Phi) is 63.7. The molecule has 1 unspecified atom stereocenters. The fourth-order valence-corrected chi connectivity index (χ4v) is 9.56. The summed E-state index contributed by atoms with van der Waals surface area (Å²) in [6.45, 7) is 6.46. The van der Waals surface area contributed by atoms with Gasteiger partial charge < -0.3 is 14.2 Å². The molecule has 0 fully saturated rings. The van der Waals surface area contributed by atoms with Crippen molar-refractivity contribution in [3.8, 4) is 0 Å². The molecule has 0 bridgehead atoms. The van der Waals surface area contributed by atoms with E-state index in [0.717, 1.165) is 83.5 Å². The van der Waals surface area contributed by atoms with E-state index in [-0.39, 0.29) is 37.5 Å². The third kappa shape index (κ3) is 65.0. The minimum atomic E-state index is -0.815. The Labute approximate surface area is 489 Å². The van der Waals surface area contributed by atoms with Crippen LogP contribution >= 0.6 is 0 Å². The van der Waals surface area contributed by atoms with Crippen molar-refractivity contribution in [1.82, 2.24) is 0 Å². The van der Waals surface area contributed by atoms with Gasteiger partial charge in [0.25, 0.3) is 0 Å². The maximum Gasteiger partial charge on any atom is 0.306 e. The van der Waals surface area contributed by atoms with Gasteiger partial charge in [0.05, 0.1) is 0 Å². The highest BCUT2D eigenvalue weighted by atomic mass is 16.6. The van der Waals surface area contributed by atoms with Crippen LogP contribution in [0.2, 0.25) is 0 Å². The number of carbonyl (C=O) groups excluding carboxylic acids is 3. The van der Waals surface area contributed by atoms with Gasteiger partial charge in [0.1, 0.15) is 13.2 Å². The first kappa shape index (κ1) is 75.3. The fraction of sp³-hybridized carbons (Fsp3) is 0.740. The van der Waals surface area contributed by atoms with Crippen LogP contribution in [0.4, 0.5) is 0 Å². The summed E-state index contributed by atoms with van der Waals surface area (Å²) < 4.78 is 16.8. The Balaban J connectivity index is 4.14. The Morgan fingerprint density at radius 2 is 0.519 bits per heavy atom. The number of unbranched alkanes of at least 4 members (excludes halogenated alkanes) is 34. The number of carbonyl (C=O) groups is 3. The molecule has 0 aliphatic rings. The largest absolute Gasteiger partial charge is 0.462 e. The number of hydrogen-bond acceptors (Lipinski definition) is 6. The Hall–Kier alpha value is -3.67. The lowest BCUT2D eigenvalue weighted by atomic mass is 10.0. The lowest BCUT2D eigenvalue weighted by Gasteiger charge is -2.18. The number of esters is 3. The van der Waals surface area contributed by atoms with E-state index < -0.39 is 6.10 Å². The molecular weight excluding hydrogens is 973 g/mol. The average Bonchev–Trinajstić information content (AvgIpc) is 3.45. The molecule has 0 aliphatic heterocycles. The van der Waals surface area contributed by atoms with Gasteiger partial charge in [-0.1, -0.05) is 317 Å². The van der Waals surface area contributed by atoms with E-state index in [1.807, 2.05) is 6.08 Å². The van der Waals surface area contributed by atoms with Crippen LogP contribution in [0.3, 0.4) is 0 Å². The van der Waals surface area contributed by atoms with Gasteiger partial charge in [-0.15, -0.1) is 0 Å². The molecule has 0 amide bonds. The minimum Gasteiger partial charge on any atom is -0.462 e. The van der Waals surface area contributed by atoms with E-state index in [1.165, 1.54) is 199 Å². The van der Waals surface area contributed by atoms with Gasteiger partial charge >= 0.3 is 17.9 Å². The van der Waals surface area contributed by atoms with Gasteiger partial charge in [-0.2, -0.15) is 0 Å². The minimum absolute atomic E-state index is 0.104. The van der Waals surface area contributed by atoms with E-state index in [2.05, 4.69) is 112 Å². The van der Waals surface area contributed by atoms with Crippen molar-refractivity contribution in [3.63, 3.8) is 0 Å². The van der Waals surface area contributed by atoms with Crippen molar-refractivity contribution in [3.05, 3.63) is 97.2 Å². The Morgan fingerprint density at radius 3 is 0.823 bits per heavy atom. The average molecular weight is 1100 g/mol. The molecule has 0 spiro atoms. The lowest BCUT2D eigenvalue weighted by molar-refractivity contribution is -0.166. The van der Waals surface area contributed by atoms with Gasteiger partial charge in [-0.3, -0.25) is 14.4 Å². The summed E-state index contributed by atoms with van der Waals surface area (Å²) in [5.41, 5.74) is 0. The molecular formula is C73H126O6. The van der Waals surface area contributed by atoms with Crippen LogP contribution in [-0.4, -0.2) is 37.2 Å². The number of allylic oxidation sites excluding steroid dienone is 16. The van der Waals surface area contributed by atoms with Gasteiger partial charge in [0.2, 0.25) is 0 Å². The highest BCUT2D eigenvalue weighted by molar-refractivity contribution is 5.71. The van der Waals surface area contributed by atoms with Gasteiger partial charge in [-0.25, -0.2) is 0 Å². The maximum absolute atomic E-state index is 12.8. The third-order valence-corrected chi connectivity index (χ3v) is 14.6. The number of rotatable bonds is 61. The summed E-state index contributed by atoms with van der Waals surface area (Å²) in [7, 11) is 0. The van der Waals surface area contributed by atoms with Crippen LogP contribution in [0.25, 0.3) is 0 Å². The molecule has 0 saturated carbocycles. The summed E-state index contributed by atoms with van der Waals surface area (Å²) >= 11 is 0. The quantitative estimate of drug-likeness (QED) is 0.0261. The number of hydrogen-bond donors (Lipinski definition) is 0. The second-order valence-electron chi connectivity index (χ2n) is 22.4. The normalized spacial score (nSPS) is 12.7. The van der Waals surface area contributed by atoms with Crippen molar-refractivity contribution in [2.24, 2.45) is 0 Å². The molecule has 0 aromatic carbocycles. The molecule has 0 aliphatic carbocycles. The smallest absolute Gasteiger partial charge is 0.306 e. The Bertz CT molecular complexity index is 1540. The molecule has 6 nitrogen and oxygen atoms in total. The molecule has 6 heteroatoms. The van der Waals surface area contributed by atoms with Crippen LogP contribution < -0.4 is 0 Å². The molecule has 0 radical (unpaired) electrons. The van der Waals surface area contributed by atoms with E-state index in [4.69, 9.17) is 14.2 Å². The van der Waals surface area contributed by atoms with Crippen molar-refractivity contribution in [1.29, 1.82) is 0 Å². The highest BCUT2D eigenvalue weighted by Gasteiger charge is 2.19. The van der Waals surface area contributed by atoms with E-state index in [9.17, 15) is 14.4 Å². The van der Waals surface area contributed by atoms with Crippen LogP contribution in [0.15, 0.2) is 97.2 Å². The molecule has 0 aromatic rings. The SMILES string of the molecule is CC/C=C\C/C=C\C/C=C\C/C=C\C/C=C\C/C=C\CCC(=O)OC(COC(=O)CCCCCCCCCCC)COC(=O)CCCCCCCCCCCCCCCCCCCCCCC/C=C\C/C=C\CCCCCCC. The van der Waals surface area contributed by atoms with E-state index >= 15 is 0 Å². The zero-order valence-electron chi connectivity index (χ0n) is 52.1. The van der Waals surface area contributed by atoms with E-state index in [1.54, 1.807) is 0 Å². The van der Waals surface area contributed by atoms with Crippen LogP contribution in [0.1, 0.15) is 329 Å². The van der Waals surface area contributed by atoms with Crippen molar-refractivity contribution in [2.45, 2.75) is 335 Å². The summed E-state index contributed by atoms with van der Waals surface area (Å²) in [4.78, 5) is 38.1. The number of ether oxygens (including phenoxy) is 3. The van der Waals surface area contributed by atoms with Gasteiger partial charge in [0.15, 0.2) is 6.10 Å². The molecule has 0 heterocycles. The fourth-order valence-electron chi connectivity index (χ4n) is 9.56. The maximum atomic E-state index is 12.8. The predicted molar refractivity (Wildman–Crippen MR) is 344 cm³/mol. The first-order valence-corrected chi connectivity index (χ1v) is 33.7. The topological polar surface area (TPSA) is 78.9 Å². The summed E-state index contributed by atoms with van der Waals surface area (Å²) in [6, 6.07) is 0.